The normalized spacial score (nSPS) is 11.4. The minimum absolute atomic E-state index is 0.0409. The Morgan fingerprint density at radius 2 is 1.57 bits per heavy atom. The zero-order valence-electron chi connectivity index (χ0n) is 14.4. The predicted molar refractivity (Wildman–Crippen MR) is 88.2 cm³/mol. The third-order valence-electron chi connectivity index (χ3n) is 2.70. The van der Waals surface area contributed by atoms with Crippen molar-refractivity contribution in [1.82, 2.24) is 0 Å². The lowest BCUT2D eigenvalue weighted by Gasteiger charge is -2.19. The van der Waals surface area contributed by atoms with Gasteiger partial charge in [-0.05, 0) is 32.8 Å². The van der Waals surface area contributed by atoms with E-state index >= 15 is 0 Å². The van der Waals surface area contributed by atoms with Gasteiger partial charge in [-0.3, -0.25) is 0 Å². The van der Waals surface area contributed by atoms with Crippen LogP contribution in [0.15, 0.2) is 30.3 Å². The smallest absolute Gasteiger partial charge is 0.332 e. The molecule has 0 saturated heterocycles. The van der Waals surface area contributed by atoms with Gasteiger partial charge >= 0.3 is 5.97 Å². The largest absolute Gasteiger partial charge is 0.458 e. The van der Waals surface area contributed by atoms with Gasteiger partial charge in [0.1, 0.15) is 12.2 Å². The number of hydrogen-bond donors (Lipinski definition) is 0. The van der Waals surface area contributed by atoms with E-state index in [4.69, 9.17) is 18.9 Å². The summed E-state index contributed by atoms with van der Waals surface area (Å²) in [5.41, 5.74) is 0.695. The van der Waals surface area contributed by atoms with Gasteiger partial charge in [-0.2, -0.15) is 0 Å². The molecule has 5 heteroatoms. The molecule has 0 unspecified atom stereocenters. The Kier molecular flexibility index (Phi) is 9.52. The van der Waals surface area contributed by atoms with E-state index in [9.17, 15) is 4.79 Å². The van der Waals surface area contributed by atoms with Gasteiger partial charge in [0, 0.05) is 13.2 Å². The molecule has 23 heavy (non-hydrogen) atoms. The van der Waals surface area contributed by atoms with Gasteiger partial charge in [0.25, 0.3) is 0 Å². The molecule has 1 rings (SSSR count). The molecule has 0 heterocycles. The second-order valence-corrected chi connectivity index (χ2v) is 6.14. The maximum atomic E-state index is 11.4. The number of carbonyl (C=O) groups excluding carboxylic acids is 1. The van der Waals surface area contributed by atoms with Crippen molar-refractivity contribution < 1.29 is 23.7 Å². The van der Waals surface area contributed by atoms with E-state index in [-0.39, 0.29) is 12.6 Å². The summed E-state index contributed by atoms with van der Waals surface area (Å²) in [4.78, 5) is 11.4. The van der Waals surface area contributed by atoms with Crippen molar-refractivity contribution >= 4 is 5.97 Å². The first kappa shape index (κ1) is 19.6. The molecule has 0 aromatic heterocycles. The molecule has 0 spiro atoms. The van der Waals surface area contributed by atoms with Gasteiger partial charge in [-0.15, -0.1) is 0 Å². The highest BCUT2D eigenvalue weighted by molar-refractivity contribution is 5.71. The molecule has 0 N–H and O–H groups in total. The minimum Gasteiger partial charge on any atom is -0.458 e. The lowest BCUT2D eigenvalue weighted by atomic mass is 10.2. The third kappa shape index (κ3) is 11.8. The van der Waals surface area contributed by atoms with Gasteiger partial charge in [0.05, 0.1) is 19.8 Å². The summed E-state index contributed by atoms with van der Waals surface area (Å²) in [7, 11) is 0. The topological polar surface area (TPSA) is 54.0 Å². The summed E-state index contributed by atoms with van der Waals surface area (Å²) in [5, 5.41) is 0. The van der Waals surface area contributed by atoms with Crippen molar-refractivity contribution in [3.63, 3.8) is 0 Å². The highest BCUT2D eigenvalue weighted by Gasteiger charge is 2.15. The Morgan fingerprint density at radius 3 is 2.26 bits per heavy atom. The van der Waals surface area contributed by atoms with Crippen molar-refractivity contribution in [1.29, 1.82) is 0 Å². The molecular formula is C18H28O5. The molecule has 0 aliphatic carbocycles. The fourth-order valence-electron chi connectivity index (χ4n) is 1.77. The Hall–Kier alpha value is -1.43. The van der Waals surface area contributed by atoms with Gasteiger partial charge in [-0.25, -0.2) is 4.79 Å². The van der Waals surface area contributed by atoms with E-state index in [2.05, 4.69) is 0 Å². The summed E-state index contributed by atoms with van der Waals surface area (Å²) >= 11 is 0. The molecule has 0 atom stereocenters. The fraction of sp³-hybridized carbons (Fsp3) is 0.611. The van der Waals surface area contributed by atoms with Crippen LogP contribution in [0.2, 0.25) is 0 Å². The van der Waals surface area contributed by atoms with Crippen LogP contribution in [0.5, 0.6) is 0 Å². The zero-order chi connectivity index (χ0) is 17.0. The summed E-state index contributed by atoms with van der Waals surface area (Å²) in [6.07, 6.45) is 0.832. The Labute approximate surface area is 138 Å². The third-order valence-corrected chi connectivity index (χ3v) is 2.70. The monoisotopic (exact) mass is 324 g/mol. The summed E-state index contributed by atoms with van der Waals surface area (Å²) in [6, 6.07) is 10.1. The van der Waals surface area contributed by atoms with Crippen LogP contribution in [0.25, 0.3) is 0 Å². The van der Waals surface area contributed by atoms with E-state index < -0.39 is 5.60 Å². The molecule has 0 bridgehead atoms. The highest BCUT2D eigenvalue weighted by atomic mass is 16.6. The number of ether oxygens (including phenoxy) is 4. The van der Waals surface area contributed by atoms with E-state index in [1.165, 1.54) is 5.56 Å². The highest BCUT2D eigenvalue weighted by Crippen LogP contribution is 2.06. The first-order valence-corrected chi connectivity index (χ1v) is 7.96. The van der Waals surface area contributed by atoms with Gasteiger partial charge in [-0.1, -0.05) is 30.3 Å². The predicted octanol–water partition coefficient (Wildman–Crippen LogP) is 2.97. The van der Waals surface area contributed by atoms with Crippen LogP contribution in [-0.2, 0) is 30.3 Å². The zero-order valence-corrected chi connectivity index (χ0v) is 14.4. The quantitative estimate of drug-likeness (QED) is 0.463. The summed E-state index contributed by atoms with van der Waals surface area (Å²) in [6.45, 7) is 8.18. The molecule has 1 aromatic rings. The van der Waals surface area contributed by atoms with Gasteiger partial charge in [0.2, 0.25) is 0 Å². The molecule has 0 fully saturated rings. The van der Waals surface area contributed by atoms with Gasteiger partial charge < -0.3 is 18.9 Å². The lowest BCUT2D eigenvalue weighted by molar-refractivity contribution is -0.160. The molecule has 1 aromatic carbocycles. The van der Waals surface area contributed by atoms with Crippen molar-refractivity contribution in [3.8, 4) is 0 Å². The van der Waals surface area contributed by atoms with E-state index in [0.717, 1.165) is 6.42 Å². The number of benzene rings is 1. The van der Waals surface area contributed by atoms with Crippen molar-refractivity contribution in [2.75, 3.05) is 33.0 Å². The standard InChI is InChI=1S/C18H28O5/c1-18(2,3)23-17(19)15-22-13-12-20-10-7-11-21-14-16-8-5-4-6-9-16/h4-6,8-9H,7,10-15H2,1-3H3. The molecule has 0 amide bonds. The van der Waals surface area contributed by atoms with Gasteiger partial charge in [0.15, 0.2) is 0 Å². The Balaban J connectivity index is 1.86. The number of hydrogen-bond acceptors (Lipinski definition) is 5. The first-order valence-electron chi connectivity index (χ1n) is 7.96. The Morgan fingerprint density at radius 1 is 0.913 bits per heavy atom. The van der Waals surface area contributed by atoms with E-state index in [1.807, 2.05) is 51.1 Å². The summed E-state index contributed by atoms with van der Waals surface area (Å²) < 4.78 is 21.3. The first-order chi connectivity index (χ1) is 11.0. The summed E-state index contributed by atoms with van der Waals surface area (Å²) in [5.74, 6) is -0.355. The molecule has 0 aliphatic heterocycles. The van der Waals surface area contributed by atoms with Crippen LogP contribution < -0.4 is 0 Å². The van der Waals surface area contributed by atoms with Crippen molar-refractivity contribution in [2.45, 2.75) is 39.4 Å². The number of esters is 1. The van der Waals surface area contributed by atoms with Crippen LogP contribution in [0, 0.1) is 0 Å². The van der Waals surface area contributed by atoms with Crippen molar-refractivity contribution in [2.24, 2.45) is 0 Å². The van der Waals surface area contributed by atoms with Crippen LogP contribution in [0.4, 0.5) is 0 Å². The lowest BCUT2D eigenvalue weighted by Crippen LogP contribution is -2.27. The second kappa shape index (κ2) is 11.2. The number of rotatable bonds is 11. The van der Waals surface area contributed by atoms with Crippen LogP contribution in [0.1, 0.15) is 32.8 Å². The number of carbonyl (C=O) groups is 1. The molecule has 0 radical (unpaired) electrons. The second-order valence-electron chi connectivity index (χ2n) is 6.14. The van der Waals surface area contributed by atoms with E-state index in [0.29, 0.717) is 33.0 Å². The van der Waals surface area contributed by atoms with Crippen LogP contribution in [0.3, 0.4) is 0 Å². The average molecular weight is 324 g/mol. The minimum atomic E-state index is -0.476. The molecule has 0 saturated carbocycles. The molecule has 5 nitrogen and oxygen atoms in total. The van der Waals surface area contributed by atoms with Crippen molar-refractivity contribution in [3.05, 3.63) is 35.9 Å². The van der Waals surface area contributed by atoms with Crippen LogP contribution in [-0.4, -0.2) is 44.6 Å². The fourth-order valence-corrected chi connectivity index (χ4v) is 1.77. The average Bonchev–Trinajstić information content (AvgIpc) is 2.48. The maximum Gasteiger partial charge on any atom is 0.332 e. The molecular weight excluding hydrogens is 296 g/mol. The van der Waals surface area contributed by atoms with E-state index in [1.54, 1.807) is 0 Å². The maximum absolute atomic E-state index is 11.4. The van der Waals surface area contributed by atoms with Crippen LogP contribution >= 0.6 is 0 Å². The Bertz CT molecular complexity index is 425. The molecule has 130 valence electrons. The molecule has 0 aliphatic rings. The SMILES string of the molecule is CC(C)(C)OC(=O)COCCOCCCOCc1ccccc1.